The highest BCUT2D eigenvalue weighted by atomic mass is 16.5. The van der Waals surface area contributed by atoms with Crippen molar-refractivity contribution >= 4 is 18.0 Å². The molecule has 0 saturated carbocycles. The molecule has 7 heteroatoms. The van der Waals surface area contributed by atoms with E-state index in [9.17, 15) is 14.4 Å². The highest BCUT2D eigenvalue weighted by molar-refractivity contribution is 5.85. The van der Waals surface area contributed by atoms with Crippen LogP contribution in [0, 0.1) is 5.92 Å². The molecular weight excluding hydrogens is 276 g/mol. The number of carbonyl (C=O) groups excluding carboxylic acids is 2. The van der Waals surface area contributed by atoms with Gasteiger partial charge >= 0.3 is 18.0 Å². The second-order valence-electron chi connectivity index (χ2n) is 5.50. The van der Waals surface area contributed by atoms with E-state index in [1.54, 1.807) is 20.8 Å². The van der Waals surface area contributed by atoms with E-state index in [0.29, 0.717) is 6.42 Å². The van der Waals surface area contributed by atoms with Crippen molar-refractivity contribution in [2.75, 3.05) is 13.2 Å². The first-order chi connectivity index (χ1) is 9.68. The van der Waals surface area contributed by atoms with Crippen molar-refractivity contribution in [2.45, 2.75) is 53.1 Å². The van der Waals surface area contributed by atoms with Gasteiger partial charge in [-0.25, -0.2) is 9.59 Å². The van der Waals surface area contributed by atoms with Crippen molar-refractivity contribution in [3.63, 3.8) is 0 Å². The standard InChI is InChI=1S/C14H26N2O5/c1-6-21-12(17)8-16(10(4)5)14(20)15-11(13(18)19)7-9(2)3/h9-11H,6-8H2,1-5H3,(H,15,20)(H,18,19)/t11-/m1/s1. The Balaban J connectivity index is 4.79. The number of carboxylic acids is 1. The fourth-order valence-electron chi connectivity index (χ4n) is 1.76. The first-order valence-electron chi connectivity index (χ1n) is 7.14. The molecule has 0 aromatic heterocycles. The number of rotatable bonds is 8. The number of urea groups is 1. The van der Waals surface area contributed by atoms with Crippen LogP contribution in [0.1, 0.15) is 41.0 Å². The number of esters is 1. The van der Waals surface area contributed by atoms with Gasteiger partial charge in [0, 0.05) is 6.04 Å². The largest absolute Gasteiger partial charge is 0.480 e. The molecule has 0 heterocycles. The summed E-state index contributed by atoms with van der Waals surface area (Å²) < 4.78 is 4.81. The number of aliphatic carboxylic acids is 1. The minimum Gasteiger partial charge on any atom is -0.480 e. The Morgan fingerprint density at radius 2 is 1.76 bits per heavy atom. The molecule has 0 aromatic rings. The molecule has 2 amide bonds. The van der Waals surface area contributed by atoms with E-state index in [-0.39, 0.29) is 25.1 Å². The molecular formula is C14H26N2O5. The molecule has 0 radical (unpaired) electrons. The van der Waals surface area contributed by atoms with Crippen LogP contribution < -0.4 is 5.32 Å². The predicted molar refractivity (Wildman–Crippen MR) is 77.9 cm³/mol. The van der Waals surface area contributed by atoms with E-state index in [1.807, 2.05) is 13.8 Å². The highest BCUT2D eigenvalue weighted by Crippen LogP contribution is 2.07. The third kappa shape index (κ3) is 7.53. The zero-order chi connectivity index (χ0) is 16.6. The van der Waals surface area contributed by atoms with Crippen LogP contribution in [0.3, 0.4) is 0 Å². The summed E-state index contributed by atoms with van der Waals surface area (Å²) in [6.45, 7) is 8.96. The molecule has 21 heavy (non-hydrogen) atoms. The van der Waals surface area contributed by atoms with Gasteiger partial charge < -0.3 is 20.1 Å². The molecule has 0 saturated heterocycles. The fourth-order valence-corrected chi connectivity index (χ4v) is 1.76. The van der Waals surface area contributed by atoms with E-state index in [1.165, 1.54) is 4.90 Å². The lowest BCUT2D eigenvalue weighted by atomic mass is 10.0. The first-order valence-corrected chi connectivity index (χ1v) is 7.14. The molecule has 0 fully saturated rings. The summed E-state index contributed by atoms with van der Waals surface area (Å²) in [4.78, 5) is 36.1. The van der Waals surface area contributed by atoms with E-state index >= 15 is 0 Å². The molecule has 0 bridgehead atoms. The Hall–Kier alpha value is -1.79. The van der Waals surface area contributed by atoms with Crippen molar-refractivity contribution in [2.24, 2.45) is 5.92 Å². The molecule has 122 valence electrons. The van der Waals surface area contributed by atoms with E-state index in [0.717, 1.165) is 0 Å². The summed E-state index contributed by atoms with van der Waals surface area (Å²) in [6.07, 6.45) is 0.326. The lowest BCUT2D eigenvalue weighted by Gasteiger charge is -2.28. The Bertz CT molecular complexity index is 368. The normalized spacial score (nSPS) is 12.1. The zero-order valence-electron chi connectivity index (χ0n) is 13.4. The first kappa shape index (κ1) is 19.2. The third-order valence-corrected chi connectivity index (χ3v) is 2.79. The van der Waals surface area contributed by atoms with Gasteiger partial charge in [-0.3, -0.25) is 4.79 Å². The van der Waals surface area contributed by atoms with Crippen molar-refractivity contribution in [1.82, 2.24) is 10.2 Å². The van der Waals surface area contributed by atoms with Crippen LogP contribution in [0.4, 0.5) is 4.79 Å². The number of nitrogens with one attached hydrogen (secondary N) is 1. The Kier molecular flexibility index (Phi) is 8.42. The molecule has 0 aliphatic heterocycles. The average Bonchev–Trinajstić information content (AvgIpc) is 2.34. The van der Waals surface area contributed by atoms with Gasteiger partial charge in [0.05, 0.1) is 6.61 Å². The van der Waals surface area contributed by atoms with E-state index in [4.69, 9.17) is 9.84 Å². The molecule has 0 spiro atoms. The van der Waals surface area contributed by atoms with Crippen LogP contribution in [-0.4, -0.2) is 53.2 Å². The molecule has 0 unspecified atom stereocenters. The van der Waals surface area contributed by atoms with Gasteiger partial charge in [-0.15, -0.1) is 0 Å². The summed E-state index contributed by atoms with van der Waals surface area (Å²) >= 11 is 0. The van der Waals surface area contributed by atoms with E-state index < -0.39 is 24.0 Å². The number of amides is 2. The molecule has 0 aliphatic rings. The second-order valence-corrected chi connectivity index (χ2v) is 5.50. The average molecular weight is 302 g/mol. The molecule has 0 aliphatic carbocycles. The van der Waals surface area contributed by atoms with Gasteiger partial charge in [0.15, 0.2) is 0 Å². The summed E-state index contributed by atoms with van der Waals surface area (Å²) in [5, 5.41) is 11.6. The number of ether oxygens (including phenoxy) is 1. The zero-order valence-corrected chi connectivity index (χ0v) is 13.4. The molecule has 1 atom stereocenters. The van der Waals surface area contributed by atoms with Gasteiger partial charge in [-0.2, -0.15) is 0 Å². The number of hydrogen-bond acceptors (Lipinski definition) is 4. The molecule has 0 aromatic carbocycles. The summed E-state index contributed by atoms with van der Waals surface area (Å²) in [7, 11) is 0. The maximum Gasteiger partial charge on any atom is 0.326 e. The molecule has 0 rings (SSSR count). The van der Waals surface area contributed by atoms with Crippen LogP contribution in [0.15, 0.2) is 0 Å². The minimum absolute atomic E-state index is 0.129. The quantitative estimate of drug-likeness (QED) is 0.662. The topological polar surface area (TPSA) is 95.9 Å². The van der Waals surface area contributed by atoms with Crippen molar-refractivity contribution in [3.8, 4) is 0 Å². The van der Waals surface area contributed by atoms with Crippen molar-refractivity contribution in [1.29, 1.82) is 0 Å². The Labute approximate surface area is 125 Å². The van der Waals surface area contributed by atoms with Crippen LogP contribution in [0.5, 0.6) is 0 Å². The van der Waals surface area contributed by atoms with Gasteiger partial charge in [0.2, 0.25) is 0 Å². The van der Waals surface area contributed by atoms with Crippen molar-refractivity contribution in [3.05, 3.63) is 0 Å². The minimum atomic E-state index is -1.09. The third-order valence-electron chi connectivity index (χ3n) is 2.79. The van der Waals surface area contributed by atoms with Crippen LogP contribution in [0.25, 0.3) is 0 Å². The Morgan fingerprint density at radius 1 is 1.19 bits per heavy atom. The van der Waals surface area contributed by atoms with E-state index in [2.05, 4.69) is 5.32 Å². The monoisotopic (exact) mass is 302 g/mol. The van der Waals surface area contributed by atoms with Crippen LogP contribution in [0.2, 0.25) is 0 Å². The maximum atomic E-state index is 12.2. The highest BCUT2D eigenvalue weighted by Gasteiger charge is 2.26. The number of nitrogens with zero attached hydrogens (tertiary/aromatic N) is 1. The SMILES string of the molecule is CCOC(=O)CN(C(=O)N[C@H](CC(C)C)C(=O)O)C(C)C. The number of hydrogen-bond donors (Lipinski definition) is 2. The lowest BCUT2D eigenvalue weighted by molar-refractivity contribution is -0.144. The van der Waals surface area contributed by atoms with Crippen molar-refractivity contribution < 1.29 is 24.2 Å². The Morgan fingerprint density at radius 3 is 2.14 bits per heavy atom. The second kappa shape index (κ2) is 9.20. The number of carbonyl (C=O) groups is 3. The summed E-state index contributed by atoms with van der Waals surface area (Å²) in [6, 6.07) is -1.80. The summed E-state index contributed by atoms with van der Waals surface area (Å²) in [5.41, 5.74) is 0. The van der Waals surface area contributed by atoms with Crippen LogP contribution in [-0.2, 0) is 14.3 Å². The van der Waals surface area contributed by atoms with Gasteiger partial charge in [-0.1, -0.05) is 13.8 Å². The fraction of sp³-hybridized carbons (Fsp3) is 0.786. The molecule has 2 N–H and O–H groups in total. The molecule has 7 nitrogen and oxygen atoms in total. The lowest BCUT2D eigenvalue weighted by Crippen LogP contribution is -2.52. The smallest absolute Gasteiger partial charge is 0.326 e. The van der Waals surface area contributed by atoms with Crippen LogP contribution >= 0.6 is 0 Å². The van der Waals surface area contributed by atoms with Gasteiger partial charge in [0.1, 0.15) is 12.6 Å². The predicted octanol–water partition coefficient (Wildman–Crippen LogP) is 1.47. The number of carboxylic acid groups (broad SMARTS) is 1. The summed E-state index contributed by atoms with van der Waals surface area (Å²) in [5.74, 6) is -1.47. The van der Waals surface area contributed by atoms with Gasteiger partial charge in [0.25, 0.3) is 0 Å². The van der Waals surface area contributed by atoms with Gasteiger partial charge in [-0.05, 0) is 33.1 Å². The maximum absolute atomic E-state index is 12.2.